The number of carbonyl (C=O) groups is 1. The summed E-state index contributed by atoms with van der Waals surface area (Å²) in [6, 6.07) is 5.50. The van der Waals surface area contributed by atoms with Crippen molar-refractivity contribution < 1.29 is 9.53 Å². The lowest BCUT2D eigenvalue weighted by Gasteiger charge is -2.16. The van der Waals surface area contributed by atoms with E-state index in [-0.39, 0.29) is 11.5 Å². The monoisotopic (exact) mass is 384 g/mol. The summed E-state index contributed by atoms with van der Waals surface area (Å²) >= 11 is 1.44. The van der Waals surface area contributed by atoms with Crippen molar-refractivity contribution in [2.24, 2.45) is 0 Å². The zero-order chi connectivity index (χ0) is 19.6. The summed E-state index contributed by atoms with van der Waals surface area (Å²) in [7, 11) is 0. The molecule has 0 amide bonds. The van der Waals surface area contributed by atoms with Crippen LogP contribution >= 0.6 is 11.3 Å². The number of thiophene rings is 1. The highest BCUT2D eigenvalue weighted by atomic mass is 32.1. The second-order valence-corrected chi connectivity index (χ2v) is 7.54. The number of hydrogen-bond donors (Lipinski definition) is 0. The van der Waals surface area contributed by atoms with Crippen LogP contribution in [-0.4, -0.2) is 22.1 Å². The third-order valence-electron chi connectivity index (χ3n) is 4.78. The highest BCUT2D eigenvalue weighted by Crippen LogP contribution is 2.32. The van der Waals surface area contributed by atoms with Crippen molar-refractivity contribution in [1.82, 2.24) is 9.55 Å². The van der Waals surface area contributed by atoms with Crippen LogP contribution < -0.4 is 5.56 Å². The van der Waals surface area contributed by atoms with E-state index < -0.39 is 6.04 Å². The van der Waals surface area contributed by atoms with Gasteiger partial charge in [0.25, 0.3) is 5.56 Å². The van der Waals surface area contributed by atoms with Gasteiger partial charge < -0.3 is 4.74 Å². The molecule has 0 aliphatic rings. The van der Waals surface area contributed by atoms with E-state index in [1.165, 1.54) is 33.4 Å². The number of aromatic nitrogens is 2. The van der Waals surface area contributed by atoms with Crippen molar-refractivity contribution in [2.45, 2.75) is 46.6 Å². The Labute approximate surface area is 162 Å². The molecule has 0 spiro atoms. The van der Waals surface area contributed by atoms with E-state index in [0.29, 0.717) is 23.2 Å². The summed E-state index contributed by atoms with van der Waals surface area (Å²) in [6.45, 7) is 8.28. The summed E-state index contributed by atoms with van der Waals surface area (Å²) in [6.07, 6.45) is 2.68. The zero-order valence-corrected chi connectivity index (χ0v) is 16.9. The largest absolute Gasteiger partial charge is 0.464 e. The van der Waals surface area contributed by atoms with Crippen LogP contribution in [0.5, 0.6) is 0 Å². The summed E-state index contributed by atoms with van der Waals surface area (Å²) in [4.78, 5) is 30.7. The quantitative estimate of drug-likeness (QED) is 0.581. The Bertz CT molecular complexity index is 1040. The molecule has 142 valence electrons. The summed E-state index contributed by atoms with van der Waals surface area (Å²) in [5.74, 6) is -0.384. The van der Waals surface area contributed by atoms with Crippen LogP contribution in [0.25, 0.3) is 21.3 Å². The maximum absolute atomic E-state index is 13.2. The van der Waals surface area contributed by atoms with Gasteiger partial charge >= 0.3 is 5.97 Å². The summed E-state index contributed by atoms with van der Waals surface area (Å²) in [5.41, 5.74) is 4.03. The highest BCUT2D eigenvalue weighted by molar-refractivity contribution is 7.17. The van der Waals surface area contributed by atoms with E-state index >= 15 is 0 Å². The molecular formula is C21H24N2O3S. The first-order valence-electron chi connectivity index (χ1n) is 9.20. The van der Waals surface area contributed by atoms with Crippen molar-refractivity contribution in [3.63, 3.8) is 0 Å². The Morgan fingerprint density at radius 1 is 1.26 bits per heavy atom. The third-order valence-corrected chi connectivity index (χ3v) is 5.67. The predicted octanol–water partition coefficient (Wildman–Crippen LogP) is 4.65. The minimum absolute atomic E-state index is 0.199. The molecule has 0 saturated heterocycles. The molecule has 0 N–H and O–H groups in total. The molecule has 0 bridgehead atoms. The smallest absolute Gasteiger partial charge is 0.329 e. The molecule has 0 saturated carbocycles. The number of aryl methyl sites for hydroxylation is 2. The van der Waals surface area contributed by atoms with Crippen molar-refractivity contribution in [3.05, 3.63) is 51.4 Å². The van der Waals surface area contributed by atoms with Gasteiger partial charge in [-0.05, 0) is 43.4 Å². The molecule has 0 fully saturated rings. The molecule has 2 heterocycles. The Kier molecular flexibility index (Phi) is 5.75. The molecule has 0 radical (unpaired) electrons. The van der Waals surface area contributed by atoms with Crippen LogP contribution in [0.2, 0.25) is 0 Å². The van der Waals surface area contributed by atoms with E-state index in [2.05, 4.69) is 31.0 Å². The Balaban J connectivity index is 2.12. The van der Waals surface area contributed by atoms with Crippen LogP contribution in [0, 0.1) is 13.8 Å². The Hall–Kier alpha value is -2.47. The van der Waals surface area contributed by atoms with Crippen LogP contribution in [0.15, 0.2) is 34.7 Å². The fourth-order valence-electron chi connectivity index (χ4n) is 3.06. The number of esters is 1. The van der Waals surface area contributed by atoms with E-state index in [4.69, 9.17) is 4.74 Å². The van der Waals surface area contributed by atoms with Gasteiger partial charge in [-0.25, -0.2) is 9.78 Å². The molecule has 0 aliphatic carbocycles. The maximum atomic E-state index is 13.2. The molecule has 0 aliphatic heterocycles. The fourth-order valence-corrected chi connectivity index (χ4v) is 3.97. The SMILES string of the molecule is CCCOC(=O)[C@@H](CC)n1cnc2scc(-c3ccc(C)c(C)c3)c2c1=O. The summed E-state index contributed by atoms with van der Waals surface area (Å²) < 4.78 is 6.68. The van der Waals surface area contributed by atoms with Crippen LogP contribution in [0.1, 0.15) is 43.9 Å². The molecular weight excluding hydrogens is 360 g/mol. The number of ether oxygens (including phenoxy) is 1. The van der Waals surface area contributed by atoms with Gasteiger partial charge in [-0.2, -0.15) is 0 Å². The molecule has 1 atom stereocenters. The molecule has 3 rings (SSSR count). The molecule has 2 aromatic heterocycles. The normalized spacial score (nSPS) is 12.3. The van der Waals surface area contributed by atoms with Crippen molar-refractivity contribution in [1.29, 1.82) is 0 Å². The number of rotatable bonds is 6. The van der Waals surface area contributed by atoms with Gasteiger partial charge in [0.1, 0.15) is 10.9 Å². The molecule has 1 aromatic carbocycles. The molecule has 6 heteroatoms. The maximum Gasteiger partial charge on any atom is 0.329 e. The van der Waals surface area contributed by atoms with Gasteiger partial charge in [-0.3, -0.25) is 9.36 Å². The van der Waals surface area contributed by atoms with Gasteiger partial charge in [-0.1, -0.05) is 32.0 Å². The summed E-state index contributed by atoms with van der Waals surface area (Å²) in [5, 5.41) is 2.52. The second kappa shape index (κ2) is 8.05. The van der Waals surface area contributed by atoms with Crippen molar-refractivity contribution >= 4 is 27.5 Å². The minimum atomic E-state index is -0.659. The molecule has 5 nitrogen and oxygen atoms in total. The minimum Gasteiger partial charge on any atom is -0.464 e. The van der Waals surface area contributed by atoms with E-state index in [0.717, 1.165) is 17.5 Å². The molecule has 3 aromatic rings. The van der Waals surface area contributed by atoms with Gasteiger partial charge in [0, 0.05) is 10.9 Å². The standard InChI is InChI=1S/C21H24N2O3S/c1-5-9-26-21(25)17(6-2)23-12-22-19-18(20(23)24)16(11-27-19)15-8-7-13(3)14(4)10-15/h7-8,10-12,17H,5-6,9H2,1-4H3/t17-/m1/s1. The number of benzene rings is 1. The van der Waals surface area contributed by atoms with E-state index in [1.807, 2.05) is 25.3 Å². The number of fused-ring (bicyclic) bond motifs is 1. The second-order valence-electron chi connectivity index (χ2n) is 6.68. The van der Waals surface area contributed by atoms with Crippen molar-refractivity contribution in [2.75, 3.05) is 6.61 Å². The first-order chi connectivity index (χ1) is 13.0. The lowest BCUT2D eigenvalue weighted by atomic mass is 10.0. The fraction of sp³-hybridized carbons (Fsp3) is 0.381. The van der Waals surface area contributed by atoms with Crippen LogP contribution in [0.3, 0.4) is 0 Å². The highest BCUT2D eigenvalue weighted by Gasteiger charge is 2.23. The zero-order valence-electron chi connectivity index (χ0n) is 16.1. The Morgan fingerprint density at radius 3 is 2.70 bits per heavy atom. The van der Waals surface area contributed by atoms with Gasteiger partial charge in [0.15, 0.2) is 0 Å². The van der Waals surface area contributed by atoms with Crippen LogP contribution in [-0.2, 0) is 9.53 Å². The lowest BCUT2D eigenvalue weighted by Crippen LogP contribution is -2.31. The van der Waals surface area contributed by atoms with E-state index in [9.17, 15) is 9.59 Å². The van der Waals surface area contributed by atoms with Gasteiger partial charge in [0.05, 0.1) is 18.3 Å². The Morgan fingerprint density at radius 2 is 2.04 bits per heavy atom. The van der Waals surface area contributed by atoms with Gasteiger partial charge in [-0.15, -0.1) is 11.3 Å². The van der Waals surface area contributed by atoms with Crippen LogP contribution in [0.4, 0.5) is 0 Å². The molecule has 0 unspecified atom stereocenters. The average molecular weight is 385 g/mol. The predicted molar refractivity (Wildman–Crippen MR) is 109 cm³/mol. The number of hydrogen-bond acceptors (Lipinski definition) is 5. The number of nitrogens with zero attached hydrogens (tertiary/aromatic N) is 2. The first-order valence-corrected chi connectivity index (χ1v) is 10.1. The van der Waals surface area contributed by atoms with E-state index in [1.54, 1.807) is 0 Å². The average Bonchev–Trinajstić information content (AvgIpc) is 3.09. The lowest BCUT2D eigenvalue weighted by molar-refractivity contribution is -0.147. The first kappa shape index (κ1) is 19.3. The topological polar surface area (TPSA) is 61.2 Å². The number of carbonyl (C=O) groups excluding carboxylic acids is 1. The molecule has 27 heavy (non-hydrogen) atoms. The van der Waals surface area contributed by atoms with Gasteiger partial charge in [0.2, 0.25) is 0 Å². The van der Waals surface area contributed by atoms with Crippen molar-refractivity contribution in [3.8, 4) is 11.1 Å². The third kappa shape index (κ3) is 3.67.